The number of rotatable bonds is 12. The lowest BCUT2D eigenvalue weighted by Crippen LogP contribution is -2.49. The molecule has 3 N–H and O–H groups in total. The summed E-state index contributed by atoms with van der Waals surface area (Å²) in [6.45, 7) is 0.0159. The molecule has 0 heterocycles. The van der Waals surface area contributed by atoms with Crippen LogP contribution in [0.15, 0.2) is 108 Å². The quantitative estimate of drug-likeness (QED) is 0.168. The minimum absolute atomic E-state index is 0.0428. The van der Waals surface area contributed by atoms with Crippen LogP contribution in [0.4, 0.5) is 24.5 Å². The standard InChI is InChI=1S/C32H31BrF3N3O4S/c1-44(42,43)39(25-14-6-3-7-15-25)30-26(16-9-17-27(30)33)31(41)38-28(19-22-10-4-2-5-11-22)29(40)21-37-20-23-12-8-13-24(18-23)32(34,35)36/h2-18,28-29,37,40H,19-21H2,1H3,(H,38,41)/t28-,29+/m0/s1. The molecule has 12 heteroatoms. The Morgan fingerprint density at radius 1 is 0.909 bits per heavy atom. The van der Waals surface area contributed by atoms with Gasteiger partial charge in [-0.2, -0.15) is 13.2 Å². The number of aliphatic hydroxyl groups excluding tert-OH is 1. The van der Waals surface area contributed by atoms with Crippen LogP contribution >= 0.6 is 15.9 Å². The first-order valence-corrected chi connectivity index (χ1v) is 16.2. The summed E-state index contributed by atoms with van der Waals surface area (Å²) in [6.07, 6.45) is -4.35. The fraction of sp³-hybridized carbons (Fsp3) is 0.219. The van der Waals surface area contributed by atoms with E-state index >= 15 is 0 Å². The second-order valence-corrected chi connectivity index (χ2v) is 12.9. The third-order valence-corrected chi connectivity index (χ3v) is 8.47. The van der Waals surface area contributed by atoms with Crippen LogP contribution in [0.25, 0.3) is 0 Å². The molecule has 0 aliphatic heterocycles. The number of nitrogens with one attached hydrogen (secondary N) is 2. The Morgan fingerprint density at radius 2 is 1.52 bits per heavy atom. The van der Waals surface area contributed by atoms with Gasteiger partial charge in [-0.1, -0.05) is 72.8 Å². The van der Waals surface area contributed by atoms with Gasteiger partial charge in [0.1, 0.15) is 0 Å². The van der Waals surface area contributed by atoms with Gasteiger partial charge in [0.25, 0.3) is 5.91 Å². The summed E-state index contributed by atoms with van der Waals surface area (Å²) >= 11 is 3.41. The van der Waals surface area contributed by atoms with Crippen LogP contribution < -0.4 is 14.9 Å². The van der Waals surface area contributed by atoms with Gasteiger partial charge in [-0.15, -0.1) is 0 Å². The Balaban J connectivity index is 1.59. The SMILES string of the molecule is CS(=O)(=O)N(c1ccccc1)c1c(Br)cccc1C(=O)N[C@@H](Cc1ccccc1)[C@H](O)CNCc1cccc(C(F)(F)F)c1. The maximum absolute atomic E-state index is 13.8. The van der Waals surface area contributed by atoms with E-state index in [-0.39, 0.29) is 30.8 Å². The van der Waals surface area contributed by atoms with Crippen molar-refractivity contribution in [2.45, 2.75) is 31.3 Å². The number of alkyl halides is 3. The zero-order chi connectivity index (χ0) is 31.9. The van der Waals surface area contributed by atoms with Gasteiger partial charge in [0, 0.05) is 17.6 Å². The van der Waals surface area contributed by atoms with Crippen LogP contribution in [0.1, 0.15) is 27.0 Å². The number of benzene rings is 4. The van der Waals surface area contributed by atoms with Crippen LogP contribution in [-0.2, 0) is 29.2 Å². The highest BCUT2D eigenvalue weighted by Crippen LogP contribution is 2.37. The normalized spacial score (nSPS) is 13.2. The maximum Gasteiger partial charge on any atom is 0.416 e. The molecule has 44 heavy (non-hydrogen) atoms. The van der Waals surface area contributed by atoms with E-state index in [0.29, 0.717) is 15.7 Å². The molecular formula is C32H31BrF3N3O4S. The van der Waals surface area contributed by atoms with Crippen molar-refractivity contribution in [1.82, 2.24) is 10.6 Å². The molecule has 232 valence electrons. The van der Waals surface area contributed by atoms with Gasteiger partial charge in [-0.05, 0) is 63.8 Å². The monoisotopic (exact) mass is 689 g/mol. The molecule has 4 aromatic rings. The number of aliphatic hydroxyl groups is 1. The van der Waals surface area contributed by atoms with Crippen molar-refractivity contribution in [3.05, 3.63) is 130 Å². The van der Waals surface area contributed by atoms with E-state index in [2.05, 4.69) is 26.6 Å². The number of para-hydroxylation sites is 2. The Morgan fingerprint density at radius 3 is 2.16 bits per heavy atom. The van der Waals surface area contributed by atoms with Gasteiger partial charge in [0.2, 0.25) is 10.0 Å². The highest BCUT2D eigenvalue weighted by atomic mass is 79.9. The van der Waals surface area contributed by atoms with Gasteiger partial charge in [0.05, 0.1) is 40.9 Å². The number of carbonyl (C=O) groups excluding carboxylic acids is 1. The second-order valence-electron chi connectivity index (χ2n) is 10.2. The summed E-state index contributed by atoms with van der Waals surface area (Å²) in [4.78, 5) is 13.8. The molecule has 0 aromatic heterocycles. The van der Waals surface area contributed by atoms with E-state index < -0.39 is 39.8 Å². The third-order valence-electron chi connectivity index (χ3n) is 6.77. The number of halogens is 4. The van der Waals surface area contributed by atoms with Crippen LogP contribution in [0.5, 0.6) is 0 Å². The molecular weight excluding hydrogens is 659 g/mol. The lowest BCUT2D eigenvalue weighted by atomic mass is 10.00. The van der Waals surface area contributed by atoms with Gasteiger partial charge >= 0.3 is 6.18 Å². The molecule has 1 amide bonds. The van der Waals surface area contributed by atoms with Crippen LogP contribution in [0, 0.1) is 0 Å². The molecule has 0 unspecified atom stereocenters. The predicted octanol–water partition coefficient (Wildman–Crippen LogP) is 6.06. The predicted molar refractivity (Wildman–Crippen MR) is 168 cm³/mol. The Labute approximate surface area is 262 Å². The summed E-state index contributed by atoms with van der Waals surface area (Å²) < 4.78 is 66.8. The number of hydrogen-bond acceptors (Lipinski definition) is 5. The molecule has 0 aliphatic rings. The van der Waals surface area contributed by atoms with Crippen molar-refractivity contribution in [2.24, 2.45) is 0 Å². The molecule has 0 saturated carbocycles. The van der Waals surface area contributed by atoms with Crippen molar-refractivity contribution in [1.29, 1.82) is 0 Å². The molecule has 4 rings (SSSR count). The van der Waals surface area contributed by atoms with E-state index in [9.17, 15) is 31.5 Å². The van der Waals surface area contributed by atoms with E-state index in [1.807, 2.05) is 30.3 Å². The van der Waals surface area contributed by atoms with Gasteiger partial charge in [-0.3, -0.25) is 4.79 Å². The van der Waals surface area contributed by atoms with Crippen LogP contribution in [0.3, 0.4) is 0 Å². The first-order valence-electron chi connectivity index (χ1n) is 13.6. The number of nitrogens with zero attached hydrogens (tertiary/aromatic N) is 1. The van der Waals surface area contributed by atoms with Gasteiger partial charge in [-0.25, -0.2) is 12.7 Å². The maximum atomic E-state index is 13.8. The van der Waals surface area contributed by atoms with Crippen molar-refractivity contribution in [2.75, 3.05) is 17.1 Å². The Hall–Kier alpha value is -3.71. The first kappa shape index (κ1) is 33.2. The number of carbonyl (C=O) groups is 1. The van der Waals surface area contributed by atoms with Crippen LogP contribution in [-0.4, -0.2) is 44.4 Å². The largest absolute Gasteiger partial charge is 0.416 e. The Kier molecular flexibility index (Phi) is 10.8. The topological polar surface area (TPSA) is 98.7 Å². The van der Waals surface area contributed by atoms with Crippen molar-refractivity contribution < 1.29 is 31.5 Å². The summed E-state index contributed by atoms with van der Waals surface area (Å²) in [5.74, 6) is -0.622. The number of sulfonamides is 1. The molecule has 0 fully saturated rings. The van der Waals surface area contributed by atoms with Gasteiger partial charge in [0.15, 0.2) is 0 Å². The molecule has 0 aliphatic carbocycles. The minimum Gasteiger partial charge on any atom is -0.390 e. The highest BCUT2D eigenvalue weighted by Gasteiger charge is 2.31. The summed E-state index contributed by atoms with van der Waals surface area (Å²) in [7, 11) is -3.90. The molecule has 2 atom stereocenters. The zero-order valence-electron chi connectivity index (χ0n) is 23.6. The molecule has 0 spiro atoms. The summed E-state index contributed by atoms with van der Waals surface area (Å²) in [5, 5.41) is 17.0. The summed E-state index contributed by atoms with van der Waals surface area (Å²) in [6, 6.07) is 26.3. The average molecular weight is 691 g/mol. The lowest BCUT2D eigenvalue weighted by Gasteiger charge is -2.28. The molecule has 4 aromatic carbocycles. The highest BCUT2D eigenvalue weighted by molar-refractivity contribution is 9.10. The van der Waals surface area contributed by atoms with Gasteiger partial charge < -0.3 is 15.7 Å². The molecule has 0 bridgehead atoms. The smallest absolute Gasteiger partial charge is 0.390 e. The number of hydrogen-bond donors (Lipinski definition) is 3. The minimum atomic E-state index is -4.47. The fourth-order valence-corrected chi connectivity index (χ4v) is 6.41. The zero-order valence-corrected chi connectivity index (χ0v) is 26.0. The Bertz CT molecular complexity index is 1670. The first-order chi connectivity index (χ1) is 20.8. The van der Waals surface area contributed by atoms with E-state index in [1.165, 1.54) is 12.1 Å². The van der Waals surface area contributed by atoms with Crippen molar-refractivity contribution in [3.63, 3.8) is 0 Å². The van der Waals surface area contributed by atoms with Crippen molar-refractivity contribution in [3.8, 4) is 0 Å². The average Bonchev–Trinajstić information content (AvgIpc) is 2.98. The number of amides is 1. The molecule has 0 radical (unpaired) electrons. The summed E-state index contributed by atoms with van der Waals surface area (Å²) in [5.41, 5.74) is 0.929. The lowest BCUT2D eigenvalue weighted by molar-refractivity contribution is -0.137. The number of anilines is 2. The molecule has 0 saturated heterocycles. The fourth-order valence-electron chi connectivity index (χ4n) is 4.72. The third kappa shape index (κ3) is 8.69. The van der Waals surface area contributed by atoms with Crippen LogP contribution in [0.2, 0.25) is 0 Å². The van der Waals surface area contributed by atoms with E-state index in [0.717, 1.165) is 28.3 Å². The van der Waals surface area contributed by atoms with E-state index in [4.69, 9.17) is 0 Å². The molecule has 7 nitrogen and oxygen atoms in total. The second kappa shape index (κ2) is 14.4. The van der Waals surface area contributed by atoms with E-state index in [1.54, 1.807) is 48.5 Å². The van der Waals surface area contributed by atoms with Crippen molar-refractivity contribution >= 4 is 43.2 Å².